The largest absolute Gasteiger partial charge is 0.449 e. The summed E-state index contributed by atoms with van der Waals surface area (Å²) in [7, 11) is -2.20. The van der Waals surface area contributed by atoms with E-state index in [9.17, 15) is 18.0 Å². The number of ether oxygens (including phenoxy) is 1. The number of fused-ring (bicyclic) bond motifs is 10. The van der Waals surface area contributed by atoms with Gasteiger partial charge in [0.1, 0.15) is 17.7 Å². The smallest absolute Gasteiger partial charge is 0.411 e. The number of pyridine rings is 1. The zero-order valence-corrected chi connectivity index (χ0v) is 27.5. The lowest BCUT2D eigenvalue weighted by Crippen LogP contribution is -2.35. The predicted molar refractivity (Wildman–Crippen MR) is 177 cm³/mol. The molecule has 0 radical (unpaired) electrons. The molecule has 0 saturated carbocycles. The van der Waals surface area contributed by atoms with Crippen molar-refractivity contribution in [1.82, 2.24) is 9.88 Å². The third kappa shape index (κ3) is 6.34. The molecule has 4 aromatic rings. The van der Waals surface area contributed by atoms with Gasteiger partial charge in [-0.25, -0.2) is 22.6 Å². The van der Waals surface area contributed by atoms with Crippen LogP contribution in [-0.4, -0.2) is 49.2 Å². The molecular formula is C34H38FN5O5S. The van der Waals surface area contributed by atoms with Crippen molar-refractivity contribution in [2.45, 2.75) is 63.3 Å². The second kappa shape index (κ2) is 12.6. The average Bonchev–Trinajstić information content (AvgIpc) is 2.97. The molecular weight excluding hydrogens is 609 g/mol. The Morgan fingerprint density at radius 1 is 1.09 bits per heavy atom. The molecule has 0 spiro atoms. The minimum absolute atomic E-state index is 0.0623. The van der Waals surface area contributed by atoms with Crippen LogP contribution in [0.5, 0.6) is 0 Å². The molecule has 4 bridgehead atoms. The van der Waals surface area contributed by atoms with E-state index in [4.69, 9.17) is 10.5 Å². The number of aromatic nitrogens is 1. The quantitative estimate of drug-likeness (QED) is 0.237. The van der Waals surface area contributed by atoms with Crippen molar-refractivity contribution < 1.29 is 27.1 Å². The number of nitrogens with one attached hydrogen (secondary N) is 2. The molecule has 3 aromatic carbocycles. The second-order valence-corrected chi connectivity index (χ2v) is 14.6. The van der Waals surface area contributed by atoms with Crippen molar-refractivity contribution in [2.24, 2.45) is 0 Å². The maximum Gasteiger partial charge on any atom is 0.411 e. The molecule has 2 atom stereocenters. The number of carbonyl (C=O) groups excluding carboxylic acids is 2. The van der Waals surface area contributed by atoms with E-state index in [0.717, 1.165) is 11.1 Å². The van der Waals surface area contributed by atoms with Gasteiger partial charge in [-0.3, -0.25) is 10.1 Å². The number of hydrogen-bond donors (Lipinski definition) is 3. The number of nitrogens with zero attached hydrogens (tertiary/aromatic N) is 2. The fraction of sp³-hybridized carbons (Fsp3) is 0.324. The van der Waals surface area contributed by atoms with Crippen LogP contribution in [0.25, 0.3) is 10.8 Å². The van der Waals surface area contributed by atoms with Crippen molar-refractivity contribution in [3.05, 3.63) is 88.4 Å². The Bertz CT molecular complexity index is 1960. The van der Waals surface area contributed by atoms with Crippen LogP contribution in [0.3, 0.4) is 0 Å². The van der Waals surface area contributed by atoms with Gasteiger partial charge in [-0.1, -0.05) is 25.1 Å². The van der Waals surface area contributed by atoms with Gasteiger partial charge < -0.3 is 20.7 Å². The molecule has 2 aliphatic rings. The van der Waals surface area contributed by atoms with Gasteiger partial charge in [-0.2, -0.15) is 0 Å². The first-order valence-electron chi connectivity index (χ1n) is 14.9. The Hall–Kier alpha value is -4.71. The Morgan fingerprint density at radius 3 is 2.52 bits per heavy atom. The summed E-state index contributed by atoms with van der Waals surface area (Å²) in [6.07, 6.45) is 0.812. The second-order valence-electron chi connectivity index (χ2n) is 12.1. The summed E-state index contributed by atoms with van der Waals surface area (Å²) < 4.78 is 47.8. The van der Waals surface area contributed by atoms with Crippen LogP contribution in [0.1, 0.15) is 60.5 Å². The molecule has 4 N–H and O–H groups in total. The van der Waals surface area contributed by atoms with Gasteiger partial charge in [-0.05, 0) is 91.2 Å². The standard InChI is InChI=1S/C34H38FN5O5S/c1-18(2)46(43,44)31-20(4)12-25-14-24(31)16-40(6)33(41)30(38-26-13-22-9-10-37-32(36)29(22)28(35)15-26)23-7-8-27(19(3)11-23)21(5)17-45-34(42)39-25/h7-15,18,21,30,38H,16-17H2,1-6H3,(H2,36,37)(H,39,42)/t21-,30+/m0/s1. The normalized spacial score (nSPS) is 17.7. The maximum atomic E-state index is 15.3. The lowest BCUT2D eigenvalue weighted by Gasteiger charge is -2.28. The number of carbonyl (C=O) groups is 2. The third-order valence-corrected chi connectivity index (χ3v) is 10.7. The van der Waals surface area contributed by atoms with Crippen molar-refractivity contribution in [2.75, 3.05) is 30.0 Å². The number of sulfone groups is 1. The van der Waals surface area contributed by atoms with Crippen molar-refractivity contribution in [3.63, 3.8) is 0 Å². The average molecular weight is 648 g/mol. The highest BCUT2D eigenvalue weighted by atomic mass is 32.2. The van der Waals surface area contributed by atoms with E-state index >= 15 is 4.39 Å². The van der Waals surface area contributed by atoms with Gasteiger partial charge in [0.15, 0.2) is 9.84 Å². The van der Waals surface area contributed by atoms with E-state index in [1.807, 2.05) is 32.0 Å². The van der Waals surface area contributed by atoms with Crippen molar-refractivity contribution >= 4 is 49.8 Å². The molecule has 6 rings (SSSR count). The third-order valence-electron chi connectivity index (χ3n) is 8.31. The summed E-state index contributed by atoms with van der Waals surface area (Å²) in [5.74, 6) is -1.07. The molecule has 0 fully saturated rings. The summed E-state index contributed by atoms with van der Waals surface area (Å²) in [6, 6.07) is 12.4. The fourth-order valence-corrected chi connectivity index (χ4v) is 7.41. The number of likely N-dealkylation sites (N-methyl/N-ethyl adjacent to an activating group) is 1. The van der Waals surface area contributed by atoms with Crippen LogP contribution in [0.2, 0.25) is 0 Å². The predicted octanol–water partition coefficient (Wildman–Crippen LogP) is 6.23. The van der Waals surface area contributed by atoms with E-state index in [1.165, 1.54) is 17.2 Å². The number of nitrogens with two attached hydrogens (primary N) is 1. The molecule has 46 heavy (non-hydrogen) atoms. The van der Waals surface area contributed by atoms with Crippen molar-refractivity contribution in [3.8, 4) is 0 Å². The van der Waals surface area contributed by atoms with Gasteiger partial charge in [0.2, 0.25) is 5.91 Å². The summed E-state index contributed by atoms with van der Waals surface area (Å²) in [4.78, 5) is 32.6. The highest BCUT2D eigenvalue weighted by Crippen LogP contribution is 2.33. The molecule has 0 aliphatic carbocycles. The Balaban J connectivity index is 1.65. The summed E-state index contributed by atoms with van der Waals surface area (Å²) in [6.45, 7) is 8.68. The first-order valence-corrected chi connectivity index (χ1v) is 16.5. The number of anilines is 3. The summed E-state index contributed by atoms with van der Waals surface area (Å²) >= 11 is 0. The van der Waals surface area contributed by atoms with E-state index < -0.39 is 33.0 Å². The highest BCUT2D eigenvalue weighted by Gasteiger charge is 2.30. The Kier molecular flexibility index (Phi) is 8.94. The van der Waals surface area contributed by atoms with E-state index in [0.29, 0.717) is 33.5 Å². The van der Waals surface area contributed by atoms with Crippen LogP contribution in [0.15, 0.2) is 59.6 Å². The molecule has 2 amide bonds. The molecule has 2 aliphatic heterocycles. The molecule has 0 unspecified atom stereocenters. The number of rotatable bonds is 4. The van der Waals surface area contributed by atoms with Crippen LogP contribution >= 0.6 is 0 Å². The molecule has 3 heterocycles. The van der Waals surface area contributed by atoms with Crippen molar-refractivity contribution in [1.29, 1.82) is 0 Å². The van der Waals surface area contributed by atoms with Gasteiger partial charge in [0.25, 0.3) is 0 Å². The first-order chi connectivity index (χ1) is 21.7. The van der Waals surface area contributed by atoms with Crippen LogP contribution in [-0.2, 0) is 25.9 Å². The highest BCUT2D eigenvalue weighted by molar-refractivity contribution is 7.92. The SMILES string of the molecule is Cc1cc2ccc1[C@@H](C)COC(=O)Nc1cc(C)c(S(=O)(=O)C(C)C)c(c1)CN(C)C(=O)[C@@H]2Nc1cc(F)c2c(N)nccc2c1. The minimum atomic E-state index is -3.77. The monoisotopic (exact) mass is 647 g/mol. The maximum absolute atomic E-state index is 15.3. The lowest BCUT2D eigenvalue weighted by molar-refractivity contribution is -0.131. The first kappa shape index (κ1) is 32.7. The van der Waals surface area contributed by atoms with Crippen LogP contribution < -0.4 is 16.4 Å². The molecule has 12 heteroatoms. The lowest BCUT2D eigenvalue weighted by atomic mass is 9.93. The topological polar surface area (TPSA) is 144 Å². The number of halogens is 1. The summed E-state index contributed by atoms with van der Waals surface area (Å²) in [5.41, 5.74) is 9.81. The Labute approximate surface area is 268 Å². The number of hydrogen-bond acceptors (Lipinski definition) is 8. The fourth-order valence-electron chi connectivity index (χ4n) is 5.94. The van der Waals surface area contributed by atoms with Gasteiger partial charge in [-0.15, -0.1) is 0 Å². The zero-order chi connectivity index (χ0) is 33.5. The van der Waals surface area contributed by atoms with E-state index in [2.05, 4.69) is 15.6 Å². The zero-order valence-electron chi connectivity index (χ0n) is 26.6. The molecule has 242 valence electrons. The molecule has 1 aromatic heterocycles. The van der Waals surface area contributed by atoms with Gasteiger partial charge >= 0.3 is 6.09 Å². The molecule has 10 nitrogen and oxygen atoms in total. The number of benzene rings is 3. The number of nitrogen functional groups attached to an aromatic ring is 1. The number of aryl methyl sites for hydroxylation is 2. The van der Waals surface area contributed by atoms with Gasteiger partial charge in [0, 0.05) is 37.1 Å². The number of amides is 2. The van der Waals surface area contributed by atoms with Gasteiger partial charge in [0.05, 0.1) is 22.1 Å². The molecule has 0 saturated heterocycles. The van der Waals surface area contributed by atoms with E-state index in [1.54, 1.807) is 52.1 Å². The van der Waals surface area contributed by atoms with Crippen LogP contribution in [0, 0.1) is 19.7 Å². The Morgan fingerprint density at radius 2 is 1.83 bits per heavy atom. The van der Waals surface area contributed by atoms with Crippen LogP contribution in [0.4, 0.5) is 26.4 Å². The summed E-state index contributed by atoms with van der Waals surface area (Å²) in [5, 5.41) is 5.92. The minimum Gasteiger partial charge on any atom is -0.449 e. The van der Waals surface area contributed by atoms with E-state index in [-0.39, 0.29) is 41.1 Å².